The fourth-order valence-electron chi connectivity index (χ4n) is 0.670. The Bertz CT molecular complexity index is 86.1. The number of hydrogen-bond donors (Lipinski definition) is 1. The summed E-state index contributed by atoms with van der Waals surface area (Å²) in [4.78, 5) is 0. The van der Waals surface area contributed by atoms with Crippen LogP contribution in [0.5, 0.6) is 0 Å². The molecule has 2 heteroatoms. The molecule has 0 saturated heterocycles. The van der Waals surface area contributed by atoms with Crippen molar-refractivity contribution in [3.05, 3.63) is 0 Å². The van der Waals surface area contributed by atoms with Crippen molar-refractivity contribution in [1.82, 2.24) is 5.43 Å². The van der Waals surface area contributed by atoms with Crippen LogP contribution in [0, 0.1) is 0 Å². The van der Waals surface area contributed by atoms with Crippen LogP contribution in [-0.2, 0) is 0 Å². The summed E-state index contributed by atoms with van der Waals surface area (Å²) in [5.41, 5.74) is 4.15. The summed E-state index contributed by atoms with van der Waals surface area (Å²) in [7, 11) is 0. The van der Waals surface area contributed by atoms with Crippen LogP contribution in [0.4, 0.5) is 0 Å². The van der Waals surface area contributed by atoms with Crippen LogP contribution in [0.25, 0.3) is 0 Å². The van der Waals surface area contributed by atoms with E-state index in [0.29, 0.717) is 0 Å². The molecule has 0 atom stereocenters. The summed E-state index contributed by atoms with van der Waals surface area (Å²) in [5.74, 6) is 0. The second-order valence-corrected chi connectivity index (χ2v) is 1.86. The number of hydrazone groups is 1. The van der Waals surface area contributed by atoms with Gasteiger partial charge in [0.05, 0.1) is 0 Å². The number of hydrogen-bond acceptors (Lipinski definition) is 2. The molecule has 7 heavy (non-hydrogen) atoms. The maximum absolute atomic E-state index is 4.00. The highest BCUT2D eigenvalue weighted by molar-refractivity contribution is 5.81. The average molecular weight is 98.1 g/mol. The van der Waals surface area contributed by atoms with Crippen molar-refractivity contribution < 1.29 is 0 Å². The summed E-state index contributed by atoms with van der Waals surface area (Å²) in [6, 6.07) is 0. The van der Waals surface area contributed by atoms with E-state index in [1.54, 1.807) is 0 Å². The third kappa shape index (κ3) is 1.18. The van der Waals surface area contributed by atoms with Crippen LogP contribution in [0.2, 0.25) is 0 Å². The van der Waals surface area contributed by atoms with Gasteiger partial charge in [-0.15, -0.1) is 0 Å². The van der Waals surface area contributed by atoms with E-state index in [4.69, 9.17) is 0 Å². The molecular weight excluding hydrogens is 88.1 g/mol. The van der Waals surface area contributed by atoms with E-state index < -0.39 is 0 Å². The van der Waals surface area contributed by atoms with Gasteiger partial charge >= 0.3 is 0 Å². The molecule has 0 radical (unpaired) electrons. The SMILES string of the molecule is CC1=NNCCC1. The van der Waals surface area contributed by atoms with Gasteiger partial charge in [-0.3, -0.25) is 0 Å². The minimum atomic E-state index is 1.05. The summed E-state index contributed by atoms with van der Waals surface area (Å²) in [6.07, 6.45) is 2.42. The Morgan fingerprint density at radius 3 is 2.86 bits per heavy atom. The third-order valence-electron chi connectivity index (χ3n) is 1.10. The molecule has 1 rings (SSSR count). The van der Waals surface area contributed by atoms with Gasteiger partial charge in [0.15, 0.2) is 0 Å². The Morgan fingerprint density at radius 2 is 2.57 bits per heavy atom. The molecule has 2 nitrogen and oxygen atoms in total. The van der Waals surface area contributed by atoms with E-state index in [1.165, 1.54) is 18.6 Å². The monoisotopic (exact) mass is 98.1 g/mol. The van der Waals surface area contributed by atoms with Crippen molar-refractivity contribution in [3.63, 3.8) is 0 Å². The lowest BCUT2D eigenvalue weighted by Crippen LogP contribution is -2.16. The molecule has 0 aromatic rings. The van der Waals surface area contributed by atoms with Crippen molar-refractivity contribution in [3.8, 4) is 0 Å². The van der Waals surface area contributed by atoms with Crippen molar-refractivity contribution in [1.29, 1.82) is 0 Å². The minimum absolute atomic E-state index is 1.05. The highest BCUT2D eigenvalue weighted by Gasteiger charge is 1.95. The number of nitrogens with zero attached hydrogens (tertiary/aromatic N) is 1. The van der Waals surface area contributed by atoms with Gasteiger partial charge in [0, 0.05) is 12.3 Å². The van der Waals surface area contributed by atoms with Crippen LogP contribution >= 0.6 is 0 Å². The molecule has 0 unspecified atom stereocenters. The molecular formula is C5H10N2. The van der Waals surface area contributed by atoms with Gasteiger partial charge in [-0.05, 0) is 19.8 Å². The zero-order chi connectivity index (χ0) is 5.11. The fraction of sp³-hybridized carbons (Fsp3) is 0.800. The fourth-order valence-corrected chi connectivity index (χ4v) is 0.670. The van der Waals surface area contributed by atoms with Gasteiger partial charge in [-0.1, -0.05) is 0 Å². The van der Waals surface area contributed by atoms with Gasteiger partial charge in [-0.25, -0.2) is 0 Å². The summed E-state index contributed by atoms with van der Waals surface area (Å²) in [6.45, 7) is 3.10. The van der Waals surface area contributed by atoms with Gasteiger partial charge in [0.2, 0.25) is 0 Å². The molecule has 1 aliphatic rings. The molecule has 0 aromatic carbocycles. The summed E-state index contributed by atoms with van der Waals surface area (Å²) in [5, 5.41) is 4.00. The average Bonchev–Trinajstić information content (AvgIpc) is 1.69. The lowest BCUT2D eigenvalue weighted by Gasteiger charge is -2.07. The molecule has 0 bridgehead atoms. The second kappa shape index (κ2) is 1.96. The maximum atomic E-state index is 4.00. The normalized spacial score (nSPS) is 20.4. The molecule has 1 aliphatic heterocycles. The number of rotatable bonds is 0. The molecule has 0 saturated carbocycles. The highest BCUT2D eigenvalue weighted by Crippen LogP contribution is 1.94. The zero-order valence-electron chi connectivity index (χ0n) is 4.57. The predicted molar refractivity (Wildman–Crippen MR) is 30.3 cm³/mol. The standard InChI is InChI=1S/C5H10N2/c1-5-3-2-4-6-7-5/h6H,2-4H2,1H3. The highest BCUT2D eigenvalue weighted by atomic mass is 15.3. The molecule has 0 fully saturated rings. The quantitative estimate of drug-likeness (QED) is 0.475. The maximum Gasteiger partial charge on any atom is 0.0348 e. The van der Waals surface area contributed by atoms with E-state index in [-0.39, 0.29) is 0 Å². The van der Waals surface area contributed by atoms with Crippen molar-refractivity contribution in [2.75, 3.05) is 6.54 Å². The van der Waals surface area contributed by atoms with Crippen LogP contribution in [0.15, 0.2) is 5.10 Å². The lowest BCUT2D eigenvalue weighted by molar-refractivity contribution is 0.660. The Morgan fingerprint density at radius 1 is 1.71 bits per heavy atom. The lowest BCUT2D eigenvalue weighted by atomic mass is 10.2. The Hall–Kier alpha value is -0.530. The van der Waals surface area contributed by atoms with Crippen LogP contribution in [0.3, 0.4) is 0 Å². The molecule has 0 amide bonds. The first-order chi connectivity index (χ1) is 3.39. The van der Waals surface area contributed by atoms with Gasteiger partial charge < -0.3 is 5.43 Å². The molecule has 0 aliphatic carbocycles. The second-order valence-electron chi connectivity index (χ2n) is 1.86. The molecule has 1 N–H and O–H groups in total. The molecule has 0 aromatic heterocycles. The summed E-state index contributed by atoms with van der Waals surface area (Å²) < 4.78 is 0. The number of nitrogens with one attached hydrogen (secondary N) is 1. The first-order valence-electron chi connectivity index (χ1n) is 2.65. The van der Waals surface area contributed by atoms with Crippen LogP contribution in [-0.4, -0.2) is 12.3 Å². The third-order valence-corrected chi connectivity index (χ3v) is 1.10. The minimum Gasteiger partial charge on any atom is -0.310 e. The predicted octanol–water partition coefficient (Wildman–Crippen LogP) is 0.746. The van der Waals surface area contributed by atoms with E-state index in [2.05, 4.69) is 10.5 Å². The van der Waals surface area contributed by atoms with E-state index >= 15 is 0 Å². The van der Waals surface area contributed by atoms with Gasteiger partial charge in [0.25, 0.3) is 0 Å². The summed E-state index contributed by atoms with van der Waals surface area (Å²) >= 11 is 0. The molecule has 0 spiro atoms. The molecule has 1 heterocycles. The van der Waals surface area contributed by atoms with E-state index in [1.807, 2.05) is 6.92 Å². The smallest absolute Gasteiger partial charge is 0.0348 e. The van der Waals surface area contributed by atoms with Crippen molar-refractivity contribution in [2.24, 2.45) is 5.10 Å². The van der Waals surface area contributed by atoms with Crippen molar-refractivity contribution in [2.45, 2.75) is 19.8 Å². The first kappa shape index (κ1) is 4.62. The Balaban J connectivity index is 2.40. The Labute approximate surface area is 43.6 Å². The zero-order valence-corrected chi connectivity index (χ0v) is 4.57. The largest absolute Gasteiger partial charge is 0.310 e. The first-order valence-corrected chi connectivity index (χ1v) is 2.65. The topological polar surface area (TPSA) is 24.4 Å². The van der Waals surface area contributed by atoms with Crippen molar-refractivity contribution >= 4 is 5.71 Å². The van der Waals surface area contributed by atoms with Gasteiger partial charge in [0.1, 0.15) is 0 Å². The Kier molecular flexibility index (Phi) is 1.29. The van der Waals surface area contributed by atoms with Gasteiger partial charge in [-0.2, -0.15) is 5.10 Å². The van der Waals surface area contributed by atoms with E-state index in [9.17, 15) is 0 Å². The molecule has 40 valence electrons. The van der Waals surface area contributed by atoms with E-state index in [0.717, 1.165) is 6.54 Å². The van der Waals surface area contributed by atoms with Crippen LogP contribution < -0.4 is 5.43 Å². The van der Waals surface area contributed by atoms with Crippen LogP contribution in [0.1, 0.15) is 19.8 Å².